The van der Waals surface area contributed by atoms with Gasteiger partial charge < -0.3 is 22.8 Å². The van der Waals surface area contributed by atoms with Gasteiger partial charge in [-0.1, -0.05) is 51.4 Å². The van der Waals surface area contributed by atoms with Gasteiger partial charge >= 0.3 is 8.80 Å². The first-order valence-electron chi connectivity index (χ1n) is 11.4. The molecule has 0 saturated carbocycles. The van der Waals surface area contributed by atoms with Crippen molar-refractivity contribution in [1.29, 1.82) is 0 Å². The van der Waals surface area contributed by atoms with E-state index in [1.807, 2.05) is 20.8 Å². The molecule has 1 aliphatic rings. The Bertz CT molecular complexity index is 309. The highest BCUT2D eigenvalue weighted by atomic mass is 28.4. The van der Waals surface area contributed by atoms with Crippen molar-refractivity contribution in [2.24, 2.45) is 0 Å². The molecule has 0 aromatic rings. The summed E-state index contributed by atoms with van der Waals surface area (Å²) >= 11 is 0. The van der Waals surface area contributed by atoms with Gasteiger partial charge in [-0.05, 0) is 33.6 Å². The van der Waals surface area contributed by atoms with Crippen molar-refractivity contribution in [2.45, 2.75) is 97.1 Å². The lowest BCUT2D eigenvalue weighted by molar-refractivity contribution is 0.0706. The molecule has 1 atom stereocenters. The monoisotopic (exact) mass is 404 g/mol. The first kappa shape index (κ1) is 25.1. The summed E-state index contributed by atoms with van der Waals surface area (Å²) in [6.07, 6.45) is 13.4. The zero-order valence-corrected chi connectivity index (χ0v) is 19.1. The van der Waals surface area contributed by atoms with E-state index in [1.54, 1.807) is 0 Å². The number of ether oxygens (including phenoxy) is 2. The van der Waals surface area contributed by atoms with E-state index in [0.717, 1.165) is 32.3 Å². The molecule has 0 amide bonds. The van der Waals surface area contributed by atoms with Crippen LogP contribution < -0.4 is 0 Å². The van der Waals surface area contributed by atoms with Crippen LogP contribution in [0.3, 0.4) is 0 Å². The first-order valence-corrected chi connectivity index (χ1v) is 13.3. The van der Waals surface area contributed by atoms with Gasteiger partial charge in [0.15, 0.2) is 0 Å². The van der Waals surface area contributed by atoms with Gasteiger partial charge in [0.05, 0.1) is 13.2 Å². The SMILES string of the molecule is CCO[Si](CCCCCCCCCCCCOCC1CO1)(OCC)OCC. The molecule has 1 saturated heterocycles. The fourth-order valence-corrected chi connectivity index (χ4v) is 6.03. The van der Waals surface area contributed by atoms with Crippen molar-refractivity contribution >= 4 is 8.80 Å². The molecule has 0 bridgehead atoms. The Morgan fingerprint density at radius 2 is 1.15 bits per heavy atom. The minimum absolute atomic E-state index is 0.404. The summed E-state index contributed by atoms with van der Waals surface area (Å²) in [5, 5.41) is 0. The predicted molar refractivity (Wildman–Crippen MR) is 112 cm³/mol. The van der Waals surface area contributed by atoms with Crippen molar-refractivity contribution in [3.05, 3.63) is 0 Å². The van der Waals surface area contributed by atoms with Gasteiger partial charge in [-0.3, -0.25) is 0 Å². The third kappa shape index (κ3) is 13.8. The third-order valence-electron chi connectivity index (χ3n) is 4.82. The number of unbranched alkanes of at least 4 members (excludes halogenated alkanes) is 9. The van der Waals surface area contributed by atoms with E-state index in [1.165, 1.54) is 57.8 Å². The highest BCUT2D eigenvalue weighted by Gasteiger charge is 2.39. The zero-order valence-electron chi connectivity index (χ0n) is 18.1. The van der Waals surface area contributed by atoms with Crippen molar-refractivity contribution in [2.75, 3.05) is 39.6 Å². The Hall–Kier alpha value is 0.0169. The second-order valence-electron chi connectivity index (χ2n) is 7.30. The fourth-order valence-electron chi connectivity index (χ4n) is 3.34. The Balaban J connectivity index is 1.87. The molecule has 1 rings (SSSR count). The van der Waals surface area contributed by atoms with Crippen LogP contribution in [-0.2, 0) is 22.8 Å². The minimum Gasteiger partial charge on any atom is -0.379 e. The lowest BCUT2D eigenvalue weighted by Gasteiger charge is -2.28. The molecule has 1 fully saturated rings. The molecule has 6 heteroatoms. The Labute approximate surface area is 168 Å². The molecule has 0 spiro atoms. The number of rotatable bonds is 21. The van der Waals surface area contributed by atoms with Gasteiger partial charge in [0.25, 0.3) is 0 Å². The van der Waals surface area contributed by atoms with Gasteiger partial charge in [0.1, 0.15) is 6.10 Å². The Morgan fingerprint density at radius 1 is 0.704 bits per heavy atom. The molecule has 1 heterocycles. The average molecular weight is 405 g/mol. The van der Waals surface area contributed by atoms with Crippen LogP contribution >= 0.6 is 0 Å². The molecule has 27 heavy (non-hydrogen) atoms. The zero-order chi connectivity index (χ0) is 19.6. The number of hydrogen-bond acceptors (Lipinski definition) is 5. The standard InChI is InChI=1S/C21H44O5Si/c1-4-24-27(25-5-2,26-6-3)18-16-14-12-10-8-7-9-11-13-15-17-22-19-21-20-23-21/h21H,4-20H2,1-3H3. The smallest absolute Gasteiger partial charge is 0.379 e. The Kier molecular flexibility index (Phi) is 15.7. The van der Waals surface area contributed by atoms with E-state index in [9.17, 15) is 0 Å². The van der Waals surface area contributed by atoms with Crippen LogP contribution in [0.2, 0.25) is 6.04 Å². The second-order valence-corrected chi connectivity index (χ2v) is 10.0. The van der Waals surface area contributed by atoms with Crippen LogP contribution in [0.1, 0.15) is 85.0 Å². The van der Waals surface area contributed by atoms with Gasteiger partial charge in [0, 0.05) is 32.5 Å². The van der Waals surface area contributed by atoms with E-state index in [0.29, 0.717) is 25.9 Å². The van der Waals surface area contributed by atoms with Crippen molar-refractivity contribution in [1.82, 2.24) is 0 Å². The molecule has 0 radical (unpaired) electrons. The topological polar surface area (TPSA) is 49.5 Å². The van der Waals surface area contributed by atoms with Gasteiger partial charge in [-0.15, -0.1) is 0 Å². The summed E-state index contributed by atoms with van der Waals surface area (Å²) in [6, 6.07) is 0.956. The number of hydrogen-bond donors (Lipinski definition) is 0. The van der Waals surface area contributed by atoms with Gasteiger partial charge in [-0.25, -0.2) is 0 Å². The molecule has 1 aliphatic heterocycles. The molecule has 0 N–H and O–H groups in total. The molecule has 0 aromatic carbocycles. The third-order valence-corrected chi connectivity index (χ3v) is 7.97. The normalized spacial score (nSPS) is 16.8. The van der Waals surface area contributed by atoms with Crippen LogP contribution in [0, 0.1) is 0 Å². The van der Waals surface area contributed by atoms with Crippen molar-refractivity contribution in [3.63, 3.8) is 0 Å². The highest BCUT2D eigenvalue weighted by Crippen LogP contribution is 2.21. The lowest BCUT2D eigenvalue weighted by Crippen LogP contribution is -2.45. The fraction of sp³-hybridized carbons (Fsp3) is 1.00. The van der Waals surface area contributed by atoms with Crippen LogP contribution in [0.5, 0.6) is 0 Å². The Morgan fingerprint density at radius 3 is 1.59 bits per heavy atom. The summed E-state index contributed by atoms with van der Waals surface area (Å²) in [7, 11) is -2.42. The molecular weight excluding hydrogens is 360 g/mol. The van der Waals surface area contributed by atoms with E-state index >= 15 is 0 Å². The average Bonchev–Trinajstić information content (AvgIpc) is 3.47. The van der Waals surface area contributed by atoms with Crippen molar-refractivity contribution < 1.29 is 22.8 Å². The maximum atomic E-state index is 5.91. The molecule has 0 aromatic heterocycles. The summed E-state index contributed by atoms with van der Waals surface area (Å²) in [5.74, 6) is 0. The van der Waals surface area contributed by atoms with E-state index < -0.39 is 8.80 Å². The molecule has 1 unspecified atom stereocenters. The van der Waals surface area contributed by atoms with E-state index in [2.05, 4.69) is 0 Å². The van der Waals surface area contributed by atoms with Gasteiger partial charge in [0.2, 0.25) is 0 Å². The van der Waals surface area contributed by atoms with E-state index in [-0.39, 0.29) is 0 Å². The first-order chi connectivity index (χ1) is 13.3. The van der Waals surface area contributed by atoms with Crippen molar-refractivity contribution in [3.8, 4) is 0 Å². The summed E-state index contributed by atoms with van der Waals surface area (Å²) in [5.41, 5.74) is 0. The molecule has 5 nitrogen and oxygen atoms in total. The number of epoxide rings is 1. The maximum absolute atomic E-state index is 5.91. The van der Waals surface area contributed by atoms with Crippen LogP contribution in [-0.4, -0.2) is 54.5 Å². The van der Waals surface area contributed by atoms with Gasteiger partial charge in [-0.2, -0.15) is 0 Å². The molecule has 0 aliphatic carbocycles. The second kappa shape index (κ2) is 16.9. The van der Waals surface area contributed by atoms with Crippen LogP contribution in [0.4, 0.5) is 0 Å². The lowest BCUT2D eigenvalue weighted by atomic mass is 10.1. The quantitative estimate of drug-likeness (QED) is 0.147. The molecular formula is C21H44O5Si. The maximum Gasteiger partial charge on any atom is 0.500 e. The summed E-state index contributed by atoms with van der Waals surface area (Å²) in [4.78, 5) is 0. The predicted octanol–water partition coefficient (Wildman–Crippen LogP) is 5.35. The molecule has 162 valence electrons. The summed E-state index contributed by atoms with van der Waals surface area (Å²) in [6.45, 7) is 10.7. The highest BCUT2D eigenvalue weighted by molar-refractivity contribution is 6.60. The van der Waals surface area contributed by atoms with Crippen LogP contribution in [0.25, 0.3) is 0 Å². The largest absolute Gasteiger partial charge is 0.500 e. The van der Waals surface area contributed by atoms with Crippen LogP contribution in [0.15, 0.2) is 0 Å². The van der Waals surface area contributed by atoms with E-state index in [4.69, 9.17) is 22.8 Å². The minimum atomic E-state index is -2.42. The summed E-state index contributed by atoms with van der Waals surface area (Å²) < 4.78 is 28.4.